The first-order valence-electron chi connectivity index (χ1n) is 10.6. The minimum absolute atomic E-state index is 0.0307. The molecule has 0 aliphatic carbocycles. The van der Waals surface area contributed by atoms with E-state index in [2.05, 4.69) is 72.9 Å². The fourth-order valence-electron chi connectivity index (χ4n) is 5.75. The summed E-state index contributed by atoms with van der Waals surface area (Å²) in [5, 5.41) is 7.38. The lowest BCUT2D eigenvalue weighted by molar-refractivity contribution is -0.144. The van der Waals surface area contributed by atoms with Gasteiger partial charge >= 0.3 is 0 Å². The molecule has 5 nitrogen and oxygen atoms in total. The van der Waals surface area contributed by atoms with Crippen LogP contribution in [0.4, 0.5) is 0 Å². The van der Waals surface area contributed by atoms with E-state index in [0.717, 1.165) is 32.2 Å². The molecule has 5 heteroatoms. The molecule has 2 aliphatic rings. The summed E-state index contributed by atoms with van der Waals surface area (Å²) in [6.45, 7) is 20.8. The number of hydrogen-bond donors (Lipinski definition) is 2. The van der Waals surface area contributed by atoms with Crippen molar-refractivity contribution in [1.29, 1.82) is 0 Å². The van der Waals surface area contributed by atoms with Crippen LogP contribution in [0.15, 0.2) is 0 Å². The van der Waals surface area contributed by atoms with Gasteiger partial charge in [-0.15, -0.1) is 0 Å². The Kier molecular flexibility index (Phi) is 6.41. The summed E-state index contributed by atoms with van der Waals surface area (Å²) in [6, 6.07) is 0.262. The molecule has 2 rings (SSSR count). The van der Waals surface area contributed by atoms with Crippen LogP contribution in [0, 0.1) is 0 Å². The maximum atomic E-state index is 13.0. The van der Waals surface area contributed by atoms with Crippen molar-refractivity contribution in [1.82, 2.24) is 15.5 Å². The second-order valence-electron chi connectivity index (χ2n) is 11.4. The summed E-state index contributed by atoms with van der Waals surface area (Å²) < 4.78 is 6.15. The molecule has 2 aliphatic heterocycles. The van der Waals surface area contributed by atoms with E-state index < -0.39 is 0 Å². The Morgan fingerprint density at radius 3 is 1.67 bits per heavy atom. The SMILES string of the molecule is CCN(C(=O)COC1CC(C)(C)NC(C)(C)C1)C1CC(C)(C)NC(C)(C)C1. The average Bonchev–Trinajstić information content (AvgIpc) is 2.39. The van der Waals surface area contributed by atoms with Crippen molar-refractivity contribution < 1.29 is 9.53 Å². The third-order valence-electron chi connectivity index (χ3n) is 5.87. The van der Waals surface area contributed by atoms with E-state index in [1.807, 2.05) is 4.90 Å². The lowest BCUT2D eigenvalue weighted by atomic mass is 9.79. The fraction of sp³-hybridized carbons (Fsp3) is 0.955. The normalized spacial score (nSPS) is 27.3. The molecule has 1 amide bonds. The topological polar surface area (TPSA) is 53.6 Å². The van der Waals surface area contributed by atoms with E-state index in [4.69, 9.17) is 4.74 Å². The second-order valence-corrected chi connectivity index (χ2v) is 11.4. The average molecular weight is 382 g/mol. The van der Waals surface area contributed by atoms with E-state index in [0.29, 0.717) is 0 Å². The lowest BCUT2D eigenvalue weighted by Crippen LogP contribution is -2.63. The van der Waals surface area contributed by atoms with Gasteiger partial charge in [-0.05, 0) is 88.0 Å². The molecule has 158 valence electrons. The number of amides is 1. The van der Waals surface area contributed by atoms with Gasteiger partial charge in [-0.3, -0.25) is 4.79 Å². The fourth-order valence-corrected chi connectivity index (χ4v) is 5.75. The quantitative estimate of drug-likeness (QED) is 0.766. The molecule has 0 saturated carbocycles. The molecule has 0 spiro atoms. The van der Waals surface area contributed by atoms with E-state index >= 15 is 0 Å². The monoisotopic (exact) mass is 381 g/mol. The molecule has 0 atom stereocenters. The molecular weight excluding hydrogens is 338 g/mol. The zero-order valence-electron chi connectivity index (χ0n) is 19.2. The Labute approximate surface area is 167 Å². The second kappa shape index (κ2) is 7.64. The highest BCUT2D eigenvalue weighted by atomic mass is 16.5. The highest BCUT2D eigenvalue weighted by Crippen LogP contribution is 2.32. The molecular formula is C22H43N3O2. The number of carbonyl (C=O) groups excluding carboxylic acids is 1. The summed E-state index contributed by atoms with van der Waals surface area (Å²) >= 11 is 0. The molecule has 0 unspecified atom stereocenters. The summed E-state index contributed by atoms with van der Waals surface area (Å²) in [6.07, 6.45) is 3.94. The van der Waals surface area contributed by atoms with Crippen molar-refractivity contribution in [3.05, 3.63) is 0 Å². The van der Waals surface area contributed by atoms with Crippen LogP contribution in [0.2, 0.25) is 0 Å². The number of hydrogen-bond acceptors (Lipinski definition) is 4. The first-order chi connectivity index (χ1) is 12.1. The Morgan fingerprint density at radius 2 is 1.26 bits per heavy atom. The van der Waals surface area contributed by atoms with E-state index in [-0.39, 0.29) is 46.8 Å². The van der Waals surface area contributed by atoms with Gasteiger partial charge < -0.3 is 20.3 Å². The van der Waals surface area contributed by atoms with Gasteiger partial charge in [0.1, 0.15) is 6.61 Å². The van der Waals surface area contributed by atoms with Crippen LogP contribution in [-0.2, 0) is 9.53 Å². The van der Waals surface area contributed by atoms with Gasteiger partial charge in [0.2, 0.25) is 5.91 Å². The van der Waals surface area contributed by atoms with Crippen molar-refractivity contribution in [2.75, 3.05) is 13.2 Å². The number of carbonyl (C=O) groups is 1. The summed E-state index contributed by atoms with van der Waals surface area (Å²) in [4.78, 5) is 15.1. The van der Waals surface area contributed by atoms with Crippen LogP contribution in [0.25, 0.3) is 0 Å². The van der Waals surface area contributed by atoms with Crippen molar-refractivity contribution in [2.24, 2.45) is 0 Å². The lowest BCUT2D eigenvalue weighted by Gasteiger charge is -2.49. The van der Waals surface area contributed by atoms with Gasteiger partial charge in [-0.2, -0.15) is 0 Å². The Morgan fingerprint density at radius 1 is 0.852 bits per heavy atom. The Hall–Kier alpha value is -0.650. The Bertz CT molecular complexity index is 508. The van der Waals surface area contributed by atoms with Crippen LogP contribution in [-0.4, -0.2) is 58.3 Å². The molecule has 0 aromatic carbocycles. The van der Waals surface area contributed by atoms with Crippen LogP contribution in [0.5, 0.6) is 0 Å². The van der Waals surface area contributed by atoms with Gasteiger partial charge in [0.15, 0.2) is 0 Å². The number of nitrogens with zero attached hydrogens (tertiary/aromatic N) is 1. The smallest absolute Gasteiger partial charge is 0.248 e. The standard InChI is InChI=1S/C22H43N3O2/c1-10-25(16-11-19(2,3)23-20(4,5)12-16)18(26)15-27-17-13-21(6,7)24-22(8,9)14-17/h16-17,23-24H,10-15H2,1-9H3. The van der Waals surface area contributed by atoms with E-state index in [1.54, 1.807) is 0 Å². The zero-order chi connectivity index (χ0) is 20.7. The molecule has 0 radical (unpaired) electrons. The number of piperidine rings is 2. The molecule has 2 heterocycles. The van der Waals surface area contributed by atoms with Crippen LogP contribution >= 0.6 is 0 Å². The molecule has 27 heavy (non-hydrogen) atoms. The summed E-state index contributed by atoms with van der Waals surface area (Å²) in [5.74, 6) is 0.130. The summed E-state index contributed by atoms with van der Waals surface area (Å²) in [5.41, 5.74) is 0.125. The van der Waals surface area contributed by atoms with Gasteiger partial charge in [-0.1, -0.05) is 0 Å². The van der Waals surface area contributed by atoms with Gasteiger partial charge in [0, 0.05) is 34.7 Å². The number of rotatable bonds is 5. The van der Waals surface area contributed by atoms with Crippen molar-refractivity contribution in [2.45, 2.75) is 122 Å². The van der Waals surface area contributed by atoms with Crippen molar-refractivity contribution >= 4 is 5.91 Å². The molecule has 2 fully saturated rings. The third-order valence-corrected chi connectivity index (χ3v) is 5.87. The molecule has 0 aromatic heterocycles. The predicted octanol–water partition coefficient (Wildman–Crippen LogP) is 3.47. The molecule has 0 aromatic rings. The molecule has 0 bridgehead atoms. The van der Waals surface area contributed by atoms with Crippen molar-refractivity contribution in [3.63, 3.8) is 0 Å². The van der Waals surface area contributed by atoms with Crippen molar-refractivity contribution in [3.8, 4) is 0 Å². The number of likely N-dealkylation sites (N-methyl/N-ethyl adjacent to an activating group) is 1. The maximum absolute atomic E-state index is 13.0. The highest BCUT2D eigenvalue weighted by Gasteiger charge is 2.42. The number of nitrogens with one attached hydrogen (secondary N) is 2. The molecule has 2 saturated heterocycles. The zero-order valence-corrected chi connectivity index (χ0v) is 19.2. The van der Waals surface area contributed by atoms with Gasteiger partial charge in [0.25, 0.3) is 0 Å². The van der Waals surface area contributed by atoms with Gasteiger partial charge in [0.05, 0.1) is 6.10 Å². The largest absolute Gasteiger partial charge is 0.368 e. The minimum Gasteiger partial charge on any atom is -0.368 e. The van der Waals surface area contributed by atoms with E-state index in [9.17, 15) is 4.79 Å². The van der Waals surface area contributed by atoms with E-state index in [1.165, 1.54) is 0 Å². The number of ether oxygens (including phenoxy) is 1. The first kappa shape index (κ1) is 22.6. The minimum atomic E-state index is 0.0307. The molecule has 2 N–H and O–H groups in total. The van der Waals surface area contributed by atoms with Crippen LogP contribution in [0.3, 0.4) is 0 Å². The Balaban J connectivity index is 1.99. The highest BCUT2D eigenvalue weighted by molar-refractivity contribution is 5.77. The summed E-state index contributed by atoms with van der Waals surface area (Å²) in [7, 11) is 0. The first-order valence-corrected chi connectivity index (χ1v) is 10.6. The van der Waals surface area contributed by atoms with Gasteiger partial charge in [-0.25, -0.2) is 0 Å². The predicted molar refractivity (Wildman–Crippen MR) is 112 cm³/mol. The van der Waals surface area contributed by atoms with Crippen LogP contribution in [0.1, 0.15) is 88.0 Å². The van der Waals surface area contributed by atoms with Crippen LogP contribution < -0.4 is 10.6 Å². The third kappa shape index (κ3) is 6.43. The maximum Gasteiger partial charge on any atom is 0.248 e.